The van der Waals surface area contributed by atoms with Crippen molar-refractivity contribution in [2.24, 2.45) is 5.92 Å². The van der Waals surface area contributed by atoms with Gasteiger partial charge in [0, 0.05) is 23.8 Å². The molecule has 2 rings (SSSR count). The molecule has 0 amide bonds. The lowest BCUT2D eigenvalue weighted by molar-refractivity contribution is 0.199. The van der Waals surface area contributed by atoms with Crippen LogP contribution in [0.2, 0.25) is 0 Å². The molecule has 1 aliphatic carbocycles. The molecule has 1 aliphatic rings. The molecule has 3 heteroatoms. The maximum absolute atomic E-state index is 9.94. The summed E-state index contributed by atoms with van der Waals surface area (Å²) >= 11 is 0. The molecule has 1 fully saturated rings. The molecule has 0 radical (unpaired) electrons. The summed E-state index contributed by atoms with van der Waals surface area (Å²) in [7, 11) is 0. The maximum atomic E-state index is 9.94. The zero-order valence-corrected chi connectivity index (χ0v) is 11.9. The third-order valence-corrected chi connectivity index (χ3v) is 3.47. The first-order valence-electron chi connectivity index (χ1n) is 7.01. The van der Waals surface area contributed by atoms with Gasteiger partial charge in [-0.1, -0.05) is 19.9 Å². The Hall–Kier alpha value is -1.53. The summed E-state index contributed by atoms with van der Waals surface area (Å²) in [4.78, 5) is 2.37. The van der Waals surface area contributed by atoms with E-state index in [0.29, 0.717) is 17.5 Å². The minimum absolute atomic E-state index is 0.504. The summed E-state index contributed by atoms with van der Waals surface area (Å²) in [5.74, 6) is 0.563. The summed E-state index contributed by atoms with van der Waals surface area (Å²) < 4.78 is 0. The predicted octanol–water partition coefficient (Wildman–Crippen LogP) is 3.24. The van der Waals surface area contributed by atoms with Crippen LogP contribution in [0, 0.1) is 17.2 Å². The van der Waals surface area contributed by atoms with E-state index in [-0.39, 0.29) is 0 Å². The van der Waals surface area contributed by atoms with Gasteiger partial charge >= 0.3 is 0 Å². The third-order valence-electron chi connectivity index (χ3n) is 3.47. The SMILES string of the molecule is CC(C)CN(c1cc(C#N)ccc1C(C)O)C1CC1. The van der Waals surface area contributed by atoms with Gasteiger partial charge in [0.05, 0.1) is 17.7 Å². The monoisotopic (exact) mass is 258 g/mol. The fraction of sp³-hybridized carbons (Fsp3) is 0.562. The van der Waals surface area contributed by atoms with Crippen molar-refractivity contribution < 1.29 is 5.11 Å². The van der Waals surface area contributed by atoms with Crippen LogP contribution in [-0.2, 0) is 0 Å². The molecule has 19 heavy (non-hydrogen) atoms. The van der Waals surface area contributed by atoms with Crippen LogP contribution >= 0.6 is 0 Å². The summed E-state index contributed by atoms with van der Waals surface area (Å²) in [6, 6.07) is 8.36. The second-order valence-corrected chi connectivity index (χ2v) is 5.84. The molecule has 1 aromatic carbocycles. The topological polar surface area (TPSA) is 47.3 Å². The van der Waals surface area contributed by atoms with Crippen LogP contribution < -0.4 is 4.90 Å². The van der Waals surface area contributed by atoms with Gasteiger partial charge in [-0.2, -0.15) is 5.26 Å². The number of benzene rings is 1. The first-order valence-corrected chi connectivity index (χ1v) is 7.01. The highest BCUT2D eigenvalue weighted by molar-refractivity contribution is 5.60. The molecule has 3 nitrogen and oxygen atoms in total. The second kappa shape index (κ2) is 5.63. The lowest BCUT2D eigenvalue weighted by Gasteiger charge is -2.29. The van der Waals surface area contributed by atoms with E-state index in [4.69, 9.17) is 5.26 Å². The van der Waals surface area contributed by atoms with Gasteiger partial charge < -0.3 is 10.0 Å². The number of hydrogen-bond donors (Lipinski definition) is 1. The van der Waals surface area contributed by atoms with Crippen molar-refractivity contribution >= 4 is 5.69 Å². The van der Waals surface area contributed by atoms with Crippen LogP contribution in [-0.4, -0.2) is 17.7 Å². The van der Waals surface area contributed by atoms with Gasteiger partial charge in [0.1, 0.15) is 0 Å². The van der Waals surface area contributed by atoms with E-state index in [1.165, 1.54) is 12.8 Å². The van der Waals surface area contributed by atoms with Crippen molar-refractivity contribution in [3.63, 3.8) is 0 Å². The zero-order valence-electron chi connectivity index (χ0n) is 11.9. The average molecular weight is 258 g/mol. The van der Waals surface area contributed by atoms with Crippen molar-refractivity contribution in [2.75, 3.05) is 11.4 Å². The Kier molecular flexibility index (Phi) is 4.11. The van der Waals surface area contributed by atoms with Crippen molar-refractivity contribution in [3.8, 4) is 6.07 Å². The Morgan fingerprint density at radius 2 is 2.05 bits per heavy atom. The number of nitrogens with zero attached hydrogens (tertiary/aromatic N) is 2. The first-order chi connectivity index (χ1) is 9.02. The molecule has 0 heterocycles. The number of aliphatic hydroxyl groups is 1. The van der Waals surface area contributed by atoms with Crippen molar-refractivity contribution in [2.45, 2.75) is 45.8 Å². The Morgan fingerprint density at radius 3 is 2.53 bits per heavy atom. The van der Waals surface area contributed by atoms with Crippen molar-refractivity contribution in [1.29, 1.82) is 5.26 Å². The van der Waals surface area contributed by atoms with E-state index < -0.39 is 6.10 Å². The van der Waals surface area contributed by atoms with Crippen LogP contribution in [0.3, 0.4) is 0 Å². The van der Waals surface area contributed by atoms with Gasteiger partial charge in [-0.15, -0.1) is 0 Å². The standard InChI is InChI=1S/C16H22N2O/c1-11(2)10-18(14-5-6-14)16-8-13(9-17)4-7-15(16)12(3)19/h4,7-8,11-12,14,19H,5-6,10H2,1-3H3. The molecule has 1 unspecified atom stereocenters. The number of hydrogen-bond acceptors (Lipinski definition) is 3. The highest BCUT2D eigenvalue weighted by Crippen LogP contribution is 2.36. The molecule has 0 bridgehead atoms. The van der Waals surface area contributed by atoms with E-state index in [1.807, 2.05) is 12.1 Å². The second-order valence-electron chi connectivity index (χ2n) is 5.84. The van der Waals surface area contributed by atoms with Crippen molar-refractivity contribution in [1.82, 2.24) is 0 Å². The van der Waals surface area contributed by atoms with Crippen LogP contribution in [0.1, 0.15) is 50.8 Å². The molecule has 1 aromatic rings. The Bertz CT molecular complexity index is 484. The minimum Gasteiger partial charge on any atom is -0.389 e. The van der Waals surface area contributed by atoms with Crippen LogP contribution in [0.4, 0.5) is 5.69 Å². The van der Waals surface area contributed by atoms with Gasteiger partial charge in [-0.3, -0.25) is 0 Å². The zero-order chi connectivity index (χ0) is 14.0. The van der Waals surface area contributed by atoms with Crippen LogP contribution in [0.5, 0.6) is 0 Å². The summed E-state index contributed by atoms with van der Waals surface area (Å²) in [6.07, 6.45) is 1.92. The normalized spacial score (nSPS) is 16.2. The quantitative estimate of drug-likeness (QED) is 0.882. The number of anilines is 1. The number of nitriles is 1. The summed E-state index contributed by atoms with van der Waals surface area (Å²) in [6.45, 7) is 7.15. The minimum atomic E-state index is -0.504. The molecule has 0 aromatic heterocycles. The highest BCUT2D eigenvalue weighted by Gasteiger charge is 2.31. The van der Waals surface area contributed by atoms with E-state index >= 15 is 0 Å². The number of aliphatic hydroxyl groups excluding tert-OH is 1. The molecular formula is C16H22N2O. The molecular weight excluding hydrogens is 236 g/mol. The largest absolute Gasteiger partial charge is 0.389 e. The Labute approximate surface area is 115 Å². The van der Waals surface area contributed by atoms with E-state index in [0.717, 1.165) is 17.8 Å². The van der Waals surface area contributed by atoms with Gasteiger partial charge in [0.2, 0.25) is 0 Å². The average Bonchev–Trinajstić information content (AvgIpc) is 3.19. The maximum Gasteiger partial charge on any atom is 0.0992 e. The molecule has 1 atom stereocenters. The number of rotatable bonds is 5. The van der Waals surface area contributed by atoms with Gasteiger partial charge in [0.15, 0.2) is 0 Å². The molecule has 0 aliphatic heterocycles. The fourth-order valence-electron chi connectivity index (χ4n) is 2.44. The van der Waals surface area contributed by atoms with Crippen LogP contribution in [0.15, 0.2) is 18.2 Å². The molecule has 0 spiro atoms. The fourth-order valence-corrected chi connectivity index (χ4v) is 2.44. The van der Waals surface area contributed by atoms with E-state index in [1.54, 1.807) is 13.0 Å². The van der Waals surface area contributed by atoms with Crippen molar-refractivity contribution in [3.05, 3.63) is 29.3 Å². The van der Waals surface area contributed by atoms with E-state index in [2.05, 4.69) is 24.8 Å². The summed E-state index contributed by atoms with van der Waals surface area (Å²) in [5.41, 5.74) is 2.62. The lowest BCUT2D eigenvalue weighted by atomic mass is 10.0. The first kappa shape index (κ1) is 13.9. The predicted molar refractivity (Wildman–Crippen MR) is 77.0 cm³/mol. The summed E-state index contributed by atoms with van der Waals surface area (Å²) in [5, 5.41) is 19.0. The molecule has 1 N–H and O–H groups in total. The van der Waals surface area contributed by atoms with Gasteiger partial charge in [-0.05, 0) is 37.8 Å². The van der Waals surface area contributed by atoms with Crippen LogP contribution in [0.25, 0.3) is 0 Å². The van der Waals surface area contributed by atoms with Gasteiger partial charge in [-0.25, -0.2) is 0 Å². The van der Waals surface area contributed by atoms with E-state index in [9.17, 15) is 5.11 Å². The molecule has 102 valence electrons. The third kappa shape index (κ3) is 3.27. The highest BCUT2D eigenvalue weighted by atomic mass is 16.3. The lowest BCUT2D eigenvalue weighted by Crippen LogP contribution is -2.31. The Balaban J connectivity index is 2.41. The Morgan fingerprint density at radius 1 is 1.37 bits per heavy atom. The smallest absolute Gasteiger partial charge is 0.0992 e. The molecule has 1 saturated carbocycles. The van der Waals surface area contributed by atoms with Gasteiger partial charge in [0.25, 0.3) is 0 Å². The molecule has 0 saturated heterocycles.